The van der Waals surface area contributed by atoms with Gasteiger partial charge in [0.2, 0.25) is 0 Å². The van der Waals surface area contributed by atoms with Gasteiger partial charge in [-0.25, -0.2) is 0 Å². The van der Waals surface area contributed by atoms with Crippen molar-refractivity contribution in [1.82, 2.24) is 0 Å². The quantitative estimate of drug-likeness (QED) is 0.710. The van der Waals surface area contributed by atoms with Gasteiger partial charge in [-0.3, -0.25) is 0 Å². The maximum atomic E-state index is 9.10. The minimum absolute atomic E-state index is 0. The first-order valence-corrected chi connectivity index (χ1v) is 4.06. The molecule has 0 amide bonds. The zero-order valence-electron chi connectivity index (χ0n) is 7.36. The van der Waals surface area contributed by atoms with Crippen molar-refractivity contribution < 1.29 is 5.11 Å². The summed E-state index contributed by atoms with van der Waals surface area (Å²) in [5.41, 5.74) is 6.27. The second-order valence-electron chi connectivity index (χ2n) is 2.62. The molecule has 0 aliphatic heterocycles. The van der Waals surface area contributed by atoms with E-state index in [1.54, 1.807) is 18.2 Å². The number of aromatic hydroxyl groups is 1. The van der Waals surface area contributed by atoms with Crippen LogP contribution in [-0.2, 0) is 0 Å². The van der Waals surface area contributed by atoms with Crippen molar-refractivity contribution in [2.45, 2.75) is 6.42 Å². The van der Waals surface area contributed by atoms with E-state index in [9.17, 15) is 0 Å². The van der Waals surface area contributed by atoms with Crippen LogP contribution < -0.4 is 11.1 Å². The predicted molar refractivity (Wildman–Crippen MR) is 60.6 cm³/mol. The molecule has 0 bridgehead atoms. The first-order valence-electron chi connectivity index (χ1n) is 4.06. The summed E-state index contributed by atoms with van der Waals surface area (Å²) in [4.78, 5) is 0. The molecule has 1 aromatic carbocycles. The number of rotatable bonds is 4. The van der Waals surface area contributed by atoms with Gasteiger partial charge in [0.15, 0.2) is 0 Å². The number of nitrogens with one attached hydrogen (secondary N) is 1. The highest BCUT2D eigenvalue weighted by Crippen LogP contribution is 2.14. The molecule has 0 atom stereocenters. The Hall–Kier alpha value is -0.740. The molecular weight excluding hydrogens is 232 g/mol. The highest BCUT2D eigenvalue weighted by atomic mass is 79.9. The van der Waals surface area contributed by atoms with Gasteiger partial charge in [-0.05, 0) is 25.1 Å². The topological polar surface area (TPSA) is 58.3 Å². The lowest BCUT2D eigenvalue weighted by Crippen LogP contribution is -2.08. The van der Waals surface area contributed by atoms with Crippen LogP contribution in [0.3, 0.4) is 0 Å². The lowest BCUT2D eigenvalue weighted by molar-refractivity contribution is 0.475. The average molecular weight is 247 g/mol. The number of benzene rings is 1. The molecule has 1 aromatic rings. The van der Waals surface area contributed by atoms with Crippen LogP contribution in [0.15, 0.2) is 24.3 Å². The van der Waals surface area contributed by atoms with Crippen LogP contribution >= 0.6 is 17.0 Å². The Bertz CT molecular complexity index is 243. The first-order chi connectivity index (χ1) is 5.83. The van der Waals surface area contributed by atoms with E-state index in [2.05, 4.69) is 5.32 Å². The fraction of sp³-hybridized carbons (Fsp3) is 0.333. The van der Waals surface area contributed by atoms with Gasteiger partial charge in [0, 0.05) is 18.3 Å². The third-order valence-electron chi connectivity index (χ3n) is 1.56. The molecular formula is C9H15BrN2O. The van der Waals surface area contributed by atoms with E-state index < -0.39 is 0 Å². The number of hydrogen-bond acceptors (Lipinski definition) is 3. The van der Waals surface area contributed by atoms with Crippen molar-refractivity contribution >= 4 is 22.7 Å². The van der Waals surface area contributed by atoms with E-state index in [1.807, 2.05) is 6.07 Å². The number of phenols is 1. The van der Waals surface area contributed by atoms with Crippen molar-refractivity contribution in [3.63, 3.8) is 0 Å². The maximum absolute atomic E-state index is 9.10. The van der Waals surface area contributed by atoms with Gasteiger partial charge in [0.1, 0.15) is 5.75 Å². The zero-order valence-corrected chi connectivity index (χ0v) is 9.08. The number of hydrogen-bond donors (Lipinski definition) is 3. The molecule has 0 saturated carbocycles. The summed E-state index contributed by atoms with van der Waals surface area (Å²) < 4.78 is 0. The molecule has 0 heterocycles. The molecule has 4 N–H and O–H groups in total. The lowest BCUT2D eigenvalue weighted by Gasteiger charge is -2.04. The van der Waals surface area contributed by atoms with E-state index in [0.717, 1.165) is 18.7 Å². The zero-order chi connectivity index (χ0) is 8.81. The second kappa shape index (κ2) is 6.74. The Balaban J connectivity index is 0.00000144. The van der Waals surface area contributed by atoms with Gasteiger partial charge >= 0.3 is 0 Å². The highest BCUT2D eigenvalue weighted by molar-refractivity contribution is 8.93. The lowest BCUT2D eigenvalue weighted by atomic mass is 10.3. The number of anilines is 1. The summed E-state index contributed by atoms with van der Waals surface area (Å²) in [6, 6.07) is 7.06. The van der Waals surface area contributed by atoms with E-state index in [1.165, 1.54) is 0 Å². The molecule has 0 aliphatic rings. The monoisotopic (exact) mass is 246 g/mol. The summed E-state index contributed by atoms with van der Waals surface area (Å²) in [6.07, 6.45) is 0.940. The van der Waals surface area contributed by atoms with Crippen LogP contribution in [0.25, 0.3) is 0 Å². The molecule has 0 saturated heterocycles. The van der Waals surface area contributed by atoms with Crippen LogP contribution in [0.1, 0.15) is 6.42 Å². The van der Waals surface area contributed by atoms with Crippen molar-refractivity contribution in [1.29, 1.82) is 0 Å². The Morgan fingerprint density at radius 2 is 2.15 bits per heavy atom. The van der Waals surface area contributed by atoms with Crippen LogP contribution in [0.4, 0.5) is 5.69 Å². The highest BCUT2D eigenvalue weighted by Gasteiger charge is 1.91. The fourth-order valence-corrected chi connectivity index (χ4v) is 0.951. The Kier molecular flexibility index (Phi) is 6.36. The first kappa shape index (κ1) is 12.3. The third kappa shape index (κ3) is 4.75. The van der Waals surface area contributed by atoms with Gasteiger partial charge in [-0.1, -0.05) is 6.07 Å². The minimum Gasteiger partial charge on any atom is -0.508 e. The van der Waals surface area contributed by atoms with Crippen LogP contribution in [0.5, 0.6) is 5.75 Å². The smallest absolute Gasteiger partial charge is 0.117 e. The van der Waals surface area contributed by atoms with Crippen LogP contribution in [-0.4, -0.2) is 18.2 Å². The SMILES string of the molecule is Br.NCCCNc1cccc(O)c1. The largest absolute Gasteiger partial charge is 0.508 e. The molecule has 0 spiro atoms. The molecule has 0 aliphatic carbocycles. The van der Waals surface area contributed by atoms with E-state index in [0.29, 0.717) is 6.54 Å². The van der Waals surface area contributed by atoms with E-state index >= 15 is 0 Å². The van der Waals surface area contributed by atoms with Gasteiger partial charge in [-0.2, -0.15) is 0 Å². The average Bonchev–Trinajstić information content (AvgIpc) is 2.05. The second-order valence-corrected chi connectivity index (χ2v) is 2.62. The van der Waals surface area contributed by atoms with Crippen molar-refractivity contribution in [2.24, 2.45) is 5.73 Å². The third-order valence-corrected chi connectivity index (χ3v) is 1.56. The molecule has 3 nitrogen and oxygen atoms in total. The molecule has 13 heavy (non-hydrogen) atoms. The van der Waals surface area contributed by atoms with Gasteiger partial charge in [0.05, 0.1) is 0 Å². The molecule has 0 radical (unpaired) electrons. The Morgan fingerprint density at radius 1 is 1.38 bits per heavy atom. The fourth-order valence-electron chi connectivity index (χ4n) is 0.951. The van der Waals surface area contributed by atoms with Gasteiger partial charge in [-0.15, -0.1) is 17.0 Å². The molecule has 1 rings (SSSR count). The van der Waals surface area contributed by atoms with Gasteiger partial charge < -0.3 is 16.2 Å². The van der Waals surface area contributed by atoms with Crippen molar-refractivity contribution in [3.05, 3.63) is 24.3 Å². The summed E-state index contributed by atoms with van der Waals surface area (Å²) in [7, 11) is 0. The van der Waals surface area contributed by atoms with Gasteiger partial charge in [0.25, 0.3) is 0 Å². The summed E-state index contributed by atoms with van der Waals surface area (Å²) >= 11 is 0. The van der Waals surface area contributed by atoms with Crippen LogP contribution in [0, 0.1) is 0 Å². The standard InChI is InChI=1S/C9H14N2O.BrH/c10-5-2-6-11-8-3-1-4-9(12)7-8;/h1,3-4,7,11-12H,2,5-6,10H2;1H. The molecule has 4 heteroatoms. The summed E-state index contributed by atoms with van der Waals surface area (Å²) in [5.74, 6) is 0.285. The predicted octanol–water partition coefficient (Wildman–Crippen LogP) is 1.73. The molecule has 0 fully saturated rings. The molecule has 0 aromatic heterocycles. The molecule has 0 unspecified atom stereocenters. The Morgan fingerprint density at radius 3 is 2.77 bits per heavy atom. The summed E-state index contributed by atoms with van der Waals surface area (Å²) in [6.45, 7) is 1.53. The van der Waals surface area contributed by atoms with E-state index in [-0.39, 0.29) is 22.7 Å². The van der Waals surface area contributed by atoms with Crippen LogP contribution in [0.2, 0.25) is 0 Å². The maximum Gasteiger partial charge on any atom is 0.117 e. The molecule has 74 valence electrons. The van der Waals surface area contributed by atoms with Crippen molar-refractivity contribution in [2.75, 3.05) is 18.4 Å². The normalized spacial score (nSPS) is 9.00. The number of halogens is 1. The Labute approximate surface area is 88.7 Å². The minimum atomic E-state index is 0. The summed E-state index contributed by atoms with van der Waals surface area (Å²) in [5, 5.41) is 12.3. The number of phenolic OH excluding ortho intramolecular Hbond substituents is 1. The number of nitrogens with two attached hydrogens (primary N) is 1. The van der Waals surface area contributed by atoms with E-state index in [4.69, 9.17) is 10.8 Å². The van der Waals surface area contributed by atoms with Crippen molar-refractivity contribution in [3.8, 4) is 5.75 Å².